The van der Waals surface area contributed by atoms with Gasteiger partial charge in [-0.1, -0.05) is 43.3 Å². The van der Waals surface area contributed by atoms with Gasteiger partial charge in [-0.05, 0) is 24.2 Å². The fourth-order valence-corrected chi connectivity index (χ4v) is 2.88. The zero-order valence-electron chi connectivity index (χ0n) is 14.0. The molecule has 0 unspecified atom stereocenters. The second kappa shape index (κ2) is 7.95. The number of aliphatic hydroxyl groups excluding tert-OH is 1. The Labute approximate surface area is 142 Å². The molecule has 0 bridgehead atoms. The first kappa shape index (κ1) is 16.5. The highest BCUT2D eigenvalue weighted by molar-refractivity contribution is 5.56. The summed E-state index contributed by atoms with van der Waals surface area (Å²) in [5, 5.41) is 12.9. The maximum absolute atomic E-state index is 9.53. The van der Waals surface area contributed by atoms with Gasteiger partial charge in [-0.15, -0.1) is 0 Å². The molecule has 24 heavy (non-hydrogen) atoms. The maximum atomic E-state index is 9.53. The van der Waals surface area contributed by atoms with E-state index in [2.05, 4.69) is 33.7 Å². The Morgan fingerprint density at radius 1 is 1.12 bits per heavy atom. The summed E-state index contributed by atoms with van der Waals surface area (Å²) in [6, 6.07) is 16.3. The fraction of sp³-hybridized carbons (Fsp3) is 0.316. The molecule has 0 saturated carbocycles. The van der Waals surface area contributed by atoms with Crippen LogP contribution in [0.5, 0.6) is 0 Å². The number of fused-ring (bicyclic) bond motifs is 1. The van der Waals surface area contributed by atoms with Crippen LogP contribution in [0.3, 0.4) is 0 Å². The SMILES string of the molecule is CCNCc1c(N(CCO)Cc2ccccc2)nc2ccccn12. The van der Waals surface area contributed by atoms with Crippen LogP contribution in [0.4, 0.5) is 5.82 Å². The Hall–Kier alpha value is -2.37. The molecule has 5 heteroatoms. The number of nitrogens with zero attached hydrogens (tertiary/aromatic N) is 3. The quantitative estimate of drug-likeness (QED) is 0.668. The number of nitrogens with one attached hydrogen (secondary N) is 1. The van der Waals surface area contributed by atoms with Gasteiger partial charge in [0.25, 0.3) is 0 Å². The van der Waals surface area contributed by atoms with E-state index in [1.54, 1.807) is 0 Å². The predicted octanol–water partition coefficient (Wildman–Crippen LogP) is 2.44. The number of hydrogen-bond donors (Lipinski definition) is 2. The van der Waals surface area contributed by atoms with Crippen molar-refractivity contribution < 1.29 is 5.11 Å². The van der Waals surface area contributed by atoms with Gasteiger partial charge >= 0.3 is 0 Å². The molecule has 0 spiro atoms. The highest BCUT2D eigenvalue weighted by atomic mass is 16.3. The van der Waals surface area contributed by atoms with E-state index in [1.807, 2.05) is 42.6 Å². The molecule has 5 nitrogen and oxygen atoms in total. The molecule has 3 aromatic rings. The van der Waals surface area contributed by atoms with E-state index in [0.717, 1.165) is 36.8 Å². The molecule has 0 fully saturated rings. The zero-order chi connectivity index (χ0) is 16.8. The predicted molar refractivity (Wildman–Crippen MR) is 97.2 cm³/mol. The van der Waals surface area contributed by atoms with Gasteiger partial charge in [0.2, 0.25) is 0 Å². The standard InChI is InChI=1S/C19H24N4O/c1-2-20-14-17-19(21-18-10-6-7-11-23(17)18)22(12-13-24)15-16-8-4-3-5-9-16/h3-11,20,24H,2,12-15H2,1H3. The summed E-state index contributed by atoms with van der Waals surface area (Å²) in [6.07, 6.45) is 2.04. The molecule has 126 valence electrons. The molecular weight excluding hydrogens is 300 g/mol. The second-order valence-electron chi connectivity index (χ2n) is 5.72. The molecule has 0 aliphatic carbocycles. The molecule has 0 saturated heterocycles. The number of benzene rings is 1. The highest BCUT2D eigenvalue weighted by Gasteiger charge is 2.18. The Morgan fingerprint density at radius 2 is 1.92 bits per heavy atom. The molecule has 0 aliphatic heterocycles. The van der Waals surface area contributed by atoms with Crippen LogP contribution >= 0.6 is 0 Å². The number of imidazole rings is 1. The van der Waals surface area contributed by atoms with Crippen LogP contribution in [0.2, 0.25) is 0 Å². The van der Waals surface area contributed by atoms with E-state index in [9.17, 15) is 5.11 Å². The number of anilines is 1. The number of pyridine rings is 1. The molecule has 0 atom stereocenters. The number of aromatic nitrogens is 2. The van der Waals surface area contributed by atoms with Crippen LogP contribution in [0.1, 0.15) is 18.2 Å². The molecule has 0 amide bonds. The third kappa shape index (κ3) is 3.58. The average Bonchev–Trinajstić information content (AvgIpc) is 2.99. The molecule has 0 radical (unpaired) electrons. The van der Waals surface area contributed by atoms with Crippen molar-refractivity contribution in [2.75, 3.05) is 24.6 Å². The third-order valence-corrected chi connectivity index (χ3v) is 4.04. The first-order valence-electron chi connectivity index (χ1n) is 8.40. The van der Waals surface area contributed by atoms with E-state index < -0.39 is 0 Å². The summed E-state index contributed by atoms with van der Waals surface area (Å²) in [5.41, 5.74) is 3.26. The number of hydrogen-bond acceptors (Lipinski definition) is 4. The van der Waals surface area contributed by atoms with Gasteiger partial charge in [0.15, 0.2) is 5.82 Å². The van der Waals surface area contributed by atoms with Crippen molar-refractivity contribution in [2.45, 2.75) is 20.0 Å². The fourth-order valence-electron chi connectivity index (χ4n) is 2.88. The third-order valence-electron chi connectivity index (χ3n) is 4.04. The van der Waals surface area contributed by atoms with Crippen molar-refractivity contribution in [3.05, 3.63) is 66.0 Å². The van der Waals surface area contributed by atoms with Crippen LogP contribution in [0, 0.1) is 0 Å². The van der Waals surface area contributed by atoms with Gasteiger partial charge in [0, 0.05) is 25.8 Å². The van der Waals surface area contributed by atoms with Gasteiger partial charge in [0.05, 0.1) is 12.3 Å². The Bertz CT molecular complexity index is 769. The largest absolute Gasteiger partial charge is 0.395 e. The van der Waals surface area contributed by atoms with E-state index in [-0.39, 0.29) is 6.61 Å². The molecule has 2 aromatic heterocycles. The lowest BCUT2D eigenvalue weighted by molar-refractivity contribution is 0.301. The van der Waals surface area contributed by atoms with E-state index in [0.29, 0.717) is 6.54 Å². The first-order valence-corrected chi connectivity index (χ1v) is 8.40. The molecule has 0 aliphatic rings. The number of aliphatic hydroxyl groups is 1. The smallest absolute Gasteiger partial charge is 0.152 e. The Morgan fingerprint density at radius 3 is 2.67 bits per heavy atom. The first-order chi connectivity index (χ1) is 11.8. The van der Waals surface area contributed by atoms with E-state index in [4.69, 9.17) is 4.98 Å². The van der Waals surface area contributed by atoms with Crippen LogP contribution in [0.25, 0.3) is 5.65 Å². The highest BCUT2D eigenvalue weighted by Crippen LogP contribution is 2.23. The van der Waals surface area contributed by atoms with Crippen molar-refractivity contribution >= 4 is 11.5 Å². The minimum absolute atomic E-state index is 0.0986. The van der Waals surface area contributed by atoms with Gasteiger partial charge in [0.1, 0.15) is 5.65 Å². The normalized spacial score (nSPS) is 11.1. The van der Waals surface area contributed by atoms with Gasteiger partial charge in [-0.2, -0.15) is 0 Å². The summed E-state index contributed by atoms with van der Waals surface area (Å²) in [7, 11) is 0. The lowest BCUT2D eigenvalue weighted by Crippen LogP contribution is -2.28. The van der Waals surface area contributed by atoms with Gasteiger partial charge < -0.3 is 19.7 Å². The lowest BCUT2D eigenvalue weighted by Gasteiger charge is -2.23. The van der Waals surface area contributed by atoms with Crippen LogP contribution < -0.4 is 10.2 Å². The summed E-state index contributed by atoms with van der Waals surface area (Å²) < 4.78 is 2.12. The molecule has 2 N–H and O–H groups in total. The minimum atomic E-state index is 0.0986. The van der Waals surface area contributed by atoms with Crippen molar-refractivity contribution in [1.29, 1.82) is 0 Å². The van der Waals surface area contributed by atoms with Crippen molar-refractivity contribution in [3.8, 4) is 0 Å². The van der Waals surface area contributed by atoms with Gasteiger partial charge in [-0.25, -0.2) is 4.98 Å². The van der Waals surface area contributed by atoms with Crippen LogP contribution in [-0.2, 0) is 13.1 Å². The van der Waals surface area contributed by atoms with Crippen LogP contribution in [0.15, 0.2) is 54.7 Å². The van der Waals surface area contributed by atoms with Crippen molar-refractivity contribution in [3.63, 3.8) is 0 Å². The summed E-state index contributed by atoms with van der Waals surface area (Å²) in [5.74, 6) is 0.931. The minimum Gasteiger partial charge on any atom is -0.395 e. The summed E-state index contributed by atoms with van der Waals surface area (Å²) >= 11 is 0. The van der Waals surface area contributed by atoms with Crippen LogP contribution in [-0.4, -0.2) is 34.2 Å². The Kier molecular flexibility index (Phi) is 5.46. The maximum Gasteiger partial charge on any atom is 0.152 e. The Balaban J connectivity index is 1.99. The molecule has 3 rings (SSSR count). The topological polar surface area (TPSA) is 52.8 Å². The average molecular weight is 324 g/mol. The van der Waals surface area contributed by atoms with E-state index >= 15 is 0 Å². The molecule has 2 heterocycles. The van der Waals surface area contributed by atoms with E-state index in [1.165, 1.54) is 5.56 Å². The van der Waals surface area contributed by atoms with Crippen molar-refractivity contribution in [1.82, 2.24) is 14.7 Å². The van der Waals surface area contributed by atoms with Gasteiger partial charge in [-0.3, -0.25) is 0 Å². The second-order valence-corrected chi connectivity index (χ2v) is 5.72. The molecule has 1 aromatic carbocycles. The monoisotopic (exact) mass is 324 g/mol. The number of rotatable bonds is 8. The van der Waals surface area contributed by atoms with Crippen molar-refractivity contribution in [2.24, 2.45) is 0 Å². The summed E-state index contributed by atoms with van der Waals surface area (Å²) in [6.45, 7) is 5.12. The zero-order valence-corrected chi connectivity index (χ0v) is 14.0. The molecular formula is C19H24N4O. The summed E-state index contributed by atoms with van der Waals surface area (Å²) in [4.78, 5) is 6.97. The lowest BCUT2D eigenvalue weighted by atomic mass is 10.2.